The molecule has 0 aliphatic carbocycles. The minimum absolute atomic E-state index is 0.395. The number of carbonyl (C=O) groups is 2. The van der Waals surface area contributed by atoms with Gasteiger partial charge in [0, 0.05) is 6.92 Å². The summed E-state index contributed by atoms with van der Waals surface area (Å²) in [4.78, 5) is 21.4. The average molecular weight is 172 g/mol. The minimum Gasteiger partial charge on any atom is -0.451 e. The maximum absolute atomic E-state index is 10.9. The predicted octanol–water partition coefficient (Wildman–Crippen LogP) is 1.01. The standard InChI is InChI=1S/C8H12O4/c1-4-7(12-6(3)9)8(10)11-5-2/h5,7H,2,4H2,1,3H3. The summed E-state index contributed by atoms with van der Waals surface area (Å²) in [6, 6.07) is 0. The van der Waals surface area contributed by atoms with Crippen molar-refractivity contribution in [2.24, 2.45) is 0 Å². The molecule has 0 heterocycles. The van der Waals surface area contributed by atoms with Crippen LogP contribution >= 0.6 is 0 Å². The Bertz CT molecular complexity index is 185. The zero-order chi connectivity index (χ0) is 9.56. The van der Waals surface area contributed by atoms with Crippen LogP contribution in [0.15, 0.2) is 12.8 Å². The van der Waals surface area contributed by atoms with Crippen LogP contribution in [0.25, 0.3) is 0 Å². The second kappa shape index (κ2) is 5.35. The lowest BCUT2D eigenvalue weighted by molar-refractivity contribution is -0.163. The molecule has 1 atom stereocenters. The van der Waals surface area contributed by atoms with E-state index in [1.165, 1.54) is 6.92 Å². The minimum atomic E-state index is -0.819. The highest BCUT2D eigenvalue weighted by atomic mass is 16.6. The molecule has 0 aromatic rings. The zero-order valence-electron chi connectivity index (χ0n) is 7.20. The SMILES string of the molecule is C=COC(=O)C(CC)OC(C)=O. The molecule has 4 nitrogen and oxygen atoms in total. The molecule has 0 bridgehead atoms. The highest BCUT2D eigenvalue weighted by Crippen LogP contribution is 2.01. The lowest BCUT2D eigenvalue weighted by Crippen LogP contribution is -2.26. The van der Waals surface area contributed by atoms with Crippen LogP contribution in [0.2, 0.25) is 0 Å². The van der Waals surface area contributed by atoms with Gasteiger partial charge < -0.3 is 9.47 Å². The van der Waals surface area contributed by atoms with Gasteiger partial charge in [0.25, 0.3) is 0 Å². The van der Waals surface area contributed by atoms with Gasteiger partial charge in [-0.2, -0.15) is 0 Å². The third-order valence-electron chi connectivity index (χ3n) is 1.14. The Morgan fingerprint density at radius 1 is 1.58 bits per heavy atom. The average Bonchev–Trinajstić information content (AvgIpc) is 2.00. The maximum atomic E-state index is 10.9. The fourth-order valence-corrected chi connectivity index (χ4v) is 0.656. The van der Waals surface area contributed by atoms with Crippen molar-refractivity contribution in [3.05, 3.63) is 12.8 Å². The fraction of sp³-hybridized carbons (Fsp3) is 0.500. The van der Waals surface area contributed by atoms with Crippen LogP contribution in [-0.4, -0.2) is 18.0 Å². The first-order valence-electron chi connectivity index (χ1n) is 3.60. The molecule has 0 aliphatic rings. The topological polar surface area (TPSA) is 52.6 Å². The molecule has 68 valence electrons. The zero-order valence-corrected chi connectivity index (χ0v) is 7.20. The molecule has 1 unspecified atom stereocenters. The van der Waals surface area contributed by atoms with E-state index in [0.717, 1.165) is 6.26 Å². The first-order valence-corrected chi connectivity index (χ1v) is 3.60. The van der Waals surface area contributed by atoms with Crippen molar-refractivity contribution in [3.63, 3.8) is 0 Å². The molecule has 0 spiro atoms. The van der Waals surface area contributed by atoms with E-state index < -0.39 is 18.0 Å². The third kappa shape index (κ3) is 3.75. The number of ether oxygens (including phenoxy) is 2. The summed E-state index contributed by atoms with van der Waals surface area (Å²) in [6.07, 6.45) is 0.585. The number of carbonyl (C=O) groups excluding carboxylic acids is 2. The monoisotopic (exact) mass is 172 g/mol. The van der Waals surface area contributed by atoms with Crippen molar-refractivity contribution in [2.75, 3.05) is 0 Å². The quantitative estimate of drug-likeness (QED) is 0.469. The van der Waals surface area contributed by atoms with Gasteiger partial charge in [0.2, 0.25) is 0 Å². The number of rotatable bonds is 4. The number of hydrogen-bond donors (Lipinski definition) is 0. The summed E-state index contributed by atoms with van der Waals surface area (Å²) in [6.45, 7) is 6.17. The summed E-state index contributed by atoms with van der Waals surface area (Å²) in [7, 11) is 0. The molecule has 0 rings (SSSR count). The van der Waals surface area contributed by atoms with Gasteiger partial charge in [-0.15, -0.1) is 0 Å². The number of hydrogen-bond acceptors (Lipinski definition) is 4. The normalized spacial score (nSPS) is 11.5. The van der Waals surface area contributed by atoms with Gasteiger partial charge in [-0.1, -0.05) is 13.5 Å². The lowest BCUT2D eigenvalue weighted by Gasteiger charge is -2.11. The van der Waals surface area contributed by atoms with Crippen LogP contribution in [0.1, 0.15) is 20.3 Å². The van der Waals surface area contributed by atoms with E-state index in [0.29, 0.717) is 6.42 Å². The molecule has 0 aromatic heterocycles. The Kier molecular flexibility index (Phi) is 4.76. The van der Waals surface area contributed by atoms with Crippen LogP contribution in [-0.2, 0) is 19.1 Å². The Hall–Kier alpha value is -1.32. The molecule has 0 fully saturated rings. The predicted molar refractivity (Wildman–Crippen MR) is 42.1 cm³/mol. The maximum Gasteiger partial charge on any atom is 0.352 e. The van der Waals surface area contributed by atoms with E-state index in [1.54, 1.807) is 6.92 Å². The van der Waals surface area contributed by atoms with Crippen LogP contribution in [0.3, 0.4) is 0 Å². The smallest absolute Gasteiger partial charge is 0.352 e. The van der Waals surface area contributed by atoms with Crippen molar-refractivity contribution >= 4 is 11.9 Å². The van der Waals surface area contributed by atoms with Crippen molar-refractivity contribution in [2.45, 2.75) is 26.4 Å². The van der Waals surface area contributed by atoms with Crippen molar-refractivity contribution in [1.29, 1.82) is 0 Å². The highest BCUT2D eigenvalue weighted by molar-refractivity contribution is 5.78. The number of esters is 2. The molecule has 0 aliphatic heterocycles. The molecule has 0 aromatic carbocycles. The van der Waals surface area contributed by atoms with Gasteiger partial charge in [-0.25, -0.2) is 4.79 Å². The summed E-state index contributed by atoms with van der Waals surface area (Å²) >= 11 is 0. The Labute approximate surface area is 71.2 Å². The van der Waals surface area contributed by atoms with Crippen LogP contribution in [0, 0.1) is 0 Å². The van der Waals surface area contributed by atoms with Crippen molar-refractivity contribution in [1.82, 2.24) is 0 Å². The second-order valence-electron chi connectivity index (χ2n) is 2.11. The van der Waals surface area contributed by atoms with Gasteiger partial charge in [-0.3, -0.25) is 4.79 Å². The Morgan fingerprint density at radius 3 is 2.50 bits per heavy atom. The van der Waals surface area contributed by atoms with Crippen LogP contribution < -0.4 is 0 Å². The second-order valence-corrected chi connectivity index (χ2v) is 2.11. The van der Waals surface area contributed by atoms with E-state index in [-0.39, 0.29) is 0 Å². The van der Waals surface area contributed by atoms with Crippen LogP contribution in [0.4, 0.5) is 0 Å². The molecular weight excluding hydrogens is 160 g/mol. The van der Waals surface area contributed by atoms with Crippen molar-refractivity contribution < 1.29 is 19.1 Å². The molecule has 0 saturated heterocycles. The Balaban J connectivity index is 4.04. The molecule has 12 heavy (non-hydrogen) atoms. The Morgan fingerprint density at radius 2 is 2.17 bits per heavy atom. The first kappa shape index (κ1) is 10.7. The molecule has 0 N–H and O–H groups in total. The fourth-order valence-electron chi connectivity index (χ4n) is 0.656. The summed E-state index contributed by atoms with van der Waals surface area (Å²) in [5.41, 5.74) is 0. The molecule has 0 saturated carbocycles. The van der Waals surface area contributed by atoms with Crippen molar-refractivity contribution in [3.8, 4) is 0 Å². The van der Waals surface area contributed by atoms with E-state index >= 15 is 0 Å². The van der Waals surface area contributed by atoms with E-state index in [1.807, 2.05) is 0 Å². The van der Waals surface area contributed by atoms with Gasteiger partial charge >= 0.3 is 11.9 Å². The summed E-state index contributed by atoms with van der Waals surface area (Å²) in [5.74, 6) is -1.09. The highest BCUT2D eigenvalue weighted by Gasteiger charge is 2.19. The largest absolute Gasteiger partial charge is 0.451 e. The van der Waals surface area contributed by atoms with Gasteiger partial charge in [0.15, 0.2) is 6.10 Å². The molecule has 0 amide bonds. The van der Waals surface area contributed by atoms with E-state index in [9.17, 15) is 9.59 Å². The first-order chi connectivity index (χ1) is 5.61. The lowest BCUT2D eigenvalue weighted by atomic mass is 10.3. The van der Waals surface area contributed by atoms with Gasteiger partial charge in [-0.05, 0) is 6.42 Å². The van der Waals surface area contributed by atoms with Gasteiger partial charge in [0.05, 0.1) is 6.26 Å². The summed E-state index contributed by atoms with van der Waals surface area (Å²) in [5, 5.41) is 0. The van der Waals surface area contributed by atoms with Crippen LogP contribution in [0.5, 0.6) is 0 Å². The summed E-state index contributed by atoms with van der Waals surface area (Å²) < 4.78 is 9.10. The van der Waals surface area contributed by atoms with E-state index in [2.05, 4.69) is 16.1 Å². The van der Waals surface area contributed by atoms with E-state index in [4.69, 9.17) is 0 Å². The molecule has 0 radical (unpaired) electrons. The molecule has 4 heteroatoms. The van der Waals surface area contributed by atoms with Gasteiger partial charge in [0.1, 0.15) is 0 Å². The molecular formula is C8H12O4. The third-order valence-corrected chi connectivity index (χ3v) is 1.14.